The van der Waals surface area contributed by atoms with Crippen LogP contribution in [0.5, 0.6) is 0 Å². The van der Waals surface area contributed by atoms with Gasteiger partial charge in [0.05, 0.1) is 0 Å². The van der Waals surface area contributed by atoms with Crippen LogP contribution < -0.4 is 9.80 Å². The van der Waals surface area contributed by atoms with E-state index in [-0.39, 0.29) is 5.41 Å². The Kier molecular flexibility index (Phi) is 8.04. The largest absolute Gasteiger partial charge is 0.351 e. The molecule has 0 aliphatic heterocycles. The highest BCUT2D eigenvalue weighted by Crippen LogP contribution is 2.49. The first-order chi connectivity index (χ1) is 21.4. The molecule has 2 nitrogen and oxygen atoms in total. The maximum atomic E-state index is 4.49. The number of anilines is 4. The van der Waals surface area contributed by atoms with Gasteiger partial charge in [0.2, 0.25) is 0 Å². The monoisotopic (exact) mass is 568 g/mol. The van der Waals surface area contributed by atoms with Crippen molar-refractivity contribution in [1.82, 2.24) is 0 Å². The van der Waals surface area contributed by atoms with Crippen LogP contribution in [0, 0.1) is 11.8 Å². The molecule has 0 spiro atoms. The summed E-state index contributed by atoms with van der Waals surface area (Å²) in [7, 11) is 2.06. The van der Waals surface area contributed by atoms with E-state index in [1.165, 1.54) is 16.7 Å². The van der Waals surface area contributed by atoms with Crippen molar-refractivity contribution in [3.05, 3.63) is 186 Å². The fourth-order valence-electron chi connectivity index (χ4n) is 5.68. The molecular weight excluding hydrogens is 532 g/mol. The third-order valence-electron chi connectivity index (χ3n) is 8.30. The Morgan fingerprint density at radius 2 is 1.11 bits per heavy atom. The summed E-state index contributed by atoms with van der Waals surface area (Å²) in [6, 6.07) is 46.2. The van der Waals surface area contributed by atoms with Gasteiger partial charge in [-0.15, -0.1) is 0 Å². The van der Waals surface area contributed by atoms with Crippen LogP contribution in [-0.2, 0) is 5.41 Å². The molecule has 0 saturated carbocycles. The summed E-state index contributed by atoms with van der Waals surface area (Å²) in [6.07, 6.45) is 6.37. The highest BCUT2D eigenvalue weighted by Gasteiger charge is 2.36. The van der Waals surface area contributed by atoms with Crippen molar-refractivity contribution in [2.24, 2.45) is 0 Å². The standard InChI is InChI=1S/C42H36N2/c1-32-39(21-14-30-43(4)35-15-8-5-9-16-35)40-29-26-34(31-41(40)42(32,2)3)23-22-33-24-27-38(28-25-33)44(36-17-10-6-11-18-36)37-19-12-7-13-20-37/h5-21,24-31H,1H2,2-4H3/b30-14+,39-21+. The van der Waals surface area contributed by atoms with E-state index in [1.54, 1.807) is 0 Å². The first-order valence-corrected chi connectivity index (χ1v) is 15.0. The summed E-state index contributed by atoms with van der Waals surface area (Å²) in [5.74, 6) is 6.80. The molecule has 1 aliphatic carbocycles. The quantitative estimate of drug-likeness (QED) is 0.188. The molecule has 44 heavy (non-hydrogen) atoms. The summed E-state index contributed by atoms with van der Waals surface area (Å²) in [5, 5.41) is 0. The van der Waals surface area contributed by atoms with Gasteiger partial charge in [-0.05, 0) is 101 Å². The molecule has 0 fully saturated rings. The molecule has 1 aliphatic rings. The first kappa shape index (κ1) is 28.6. The van der Waals surface area contributed by atoms with Crippen molar-refractivity contribution in [3.8, 4) is 11.8 Å². The van der Waals surface area contributed by atoms with Crippen LogP contribution in [0.3, 0.4) is 0 Å². The van der Waals surface area contributed by atoms with Crippen molar-refractivity contribution < 1.29 is 0 Å². The van der Waals surface area contributed by atoms with Gasteiger partial charge in [0.25, 0.3) is 0 Å². The molecule has 0 radical (unpaired) electrons. The predicted molar refractivity (Wildman–Crippen MR) is 188 cm³/mol. The summed E-state index contributed by atoms with van der Waals surface area (Å²) < 4.78 is 0. The van der Waals surface area contributed by atoms with Gasteiger partial charge in [-0.3, -0.25) is 0 Å². The maximum Gasteiger partial charge on any atom is 0.0462 e. The number of allylic oxidation sites excluding steroid dienone is 4. The Morgan fingerprint density at radius 1 is 0.614 bits per heavy atom. The van der Waals surface area contributed by atoms with Crippen LogP contribution in [0.2, 0.25) is 0 Å². The second kappa shape index (κ2) is 12.4. The summed E-state index contributed by atoms with van der Waals surface area (Å²) in [4.78, 5) is 4.37. The van der Waals surface area contributed by atoms with Crippen LogP contribution in [-0.4, -0.2) is 7.05 Å². The molecule has 0 heterocycles. The zero-order valence-corrected chi connectivity index (χ0v) is 25.5. The Hall–Kier alpha value is -5.52. The van der Waals surface area contributed by atoms with Gasteiger partial charge in [-0.25, -0.2) is 0 Å². The Labute approximate surface area is 261 Å². The minimum Gasteiger partial charge on any atom is -0.351 e. The van der Waals surface area contributed by atoms with Crippen molar-refractivity contribution in [1.29, 1.82) is 0 Å². The van der Waals surface area contributed by atoms with Crippen molar-refractivity contribution >= 4 is 28.3 Å². The predicted octanol–water partition coefficient (Wildman–Crippen LogP) is 10.4. The molecule has 0 saturated heterocycles. The molecule has 5 aromatic carbocycles. The average Bonchev–Trinajstić information content (AvgIpc) is 3.26. The number of rotatable bonds is 6. The lowest BCUT2D eigenvalue weighted by molar-refractivity contribution is 0.663. The number of nitrogens with zero attached hydrogens (tertiary/aromatic N) is 2. The Bertz CT molecular complexity index is 1850. The number of hydrogen-bond donors (Lipinski definition) is 0. The third-order valence-corrected chi connectivity index (χ3v) is 8.30. The van der Waals surface area contributed by atoms with E-state index in [9.17, 15) is 0 Å². The van der Waals surface area contributed by atoms with E-state index in [4.69, 9.17) is 0 Å². The van der Waals surface area contributed by atoms with E-state index < -0.39 is 0 Å². The van der Waals surface area contributed by atoms with Crippen LogP contribution in [0.15, 0.2) is 164 Å². The number of benzene rings is 5. The third kappa shape index (κ3) is 5.87. The molecule has 0 bridgehead atoms. The maximum absolute atomic E-state index is 4.49. The van der Waals surface area contributed by atoms with Gasteiger partial charge in [0.15, 0.2) is 0 Å². The molecule has 0 atom stereocenters. The Morgan fingerprint density at radius 3 is 1.70 bits per heavy atom. The molecule has 0 aromatic heterocycles. The number of fused-ring (bicyclic) bond motifs is 1. The van der Waals surface area contributed by atoms with E-state index in [1.807, 2.05) is 18.2 Å². The average molecular weight is 569 g/mol. The SMILES string of the molecule is C=C1/C(=C\C=C\N(C)c2ccccc2)c2ccc(C#Cc3ccc(N(c4ccccc4)c4ccccc4)cc3)cc2C1(C)C. The molecular formula is C42H36N2. The van der Waals surface area contributed by atoms with Gasteiger partial charge in [0, 0.05) is 52.5 Å². The van der Waals surface area contributed by atoms with Gasteiger partial charge < -0.3 is 9.80 Å². The minimum absolute atomic E-state index is 0.169. The van der Waals surface area contributed by atoms with Crippen molar-refractivity contribution in [2.75, 3.05) is 16.8 Å². The number of hydrogen-bond acceptors (Lipinski definition) is 2. The highest BCUT2D eigenvalue weighted by atomic mass is 15.1. The molecule has 0 unspecified atom stereocenters. The smallest absolute Gasteiger partial charge is 0.0462 e. The van der Waals surface area contributed by atoms with E-state index >= 15 is 0 Å². The van der Waals surface area contributed by atoms with Crippen LogP contribution in [0.25, 0.3) is 5.57 Å². The van der Waals surface area contributed by atoms with Crippen molar-refractivity contribution in [3.63, 3.8) is 0 Å². The van der Waals surface area contributed by atoms with E-state index in [0.717, 1.165) is 39.4 Å². The van der Waals surface area contributed by atoms with Crippen LogP contribution in [0.1, 0.15) is 36.1 Å². The van der Waals surface area contributed by atoms with Gasteiger partial charge >= 0.3 is 0 Å². The summed E-state index contributed by atoms with van der Waals surface area (Å²) in [5.41, 5.74) is 11.1. The number of para-hydroxylation sites is 3. The second-order valence-corrected chi connectivity index (χ2v) is 11.5. The molecule has 6 rings (SSSR count). The summed E-state index contributed by atoms with van der Waals surface area (Å²) in [6.45, 7) is 8.98. The molecule has 214 valence electrons. The fourth-order valence-corrected chi connectivity index (χ4v) is 5.68. The summed E-state index contributed by atoms with van der Waals surface area (Å²) >= 11 is 0. The lowest BCUT2D eigenvalue weighted by atomic mass is 9.82. The zero-order valence-electron chi connectivity index (χ0n) is 25.5. The highest BCUT2D eigenvalue weighted by molar-refractivity contribution is 5.90. The second-order valence-electron chi connectivity index (χ2n) is 11.5. The van der Waals surface area contributed by atoms with Gasteiger partial charge in [-0.1, -0.05) is 99.0 Å². The van der Waals surface area contributed by atoms with E-state index in [2.05, 4.69) is 183 Å². The van der Waals surface area contributed by atoms with Gasteiger partial charge in [0.1, 0.15) is 0 Å². The molecule has 2 heteroatoms. The van der Waals surface area contributed by atoms with Gasteiger partial charge in [-0.2, -0.15) is 0 Å². The van der Waals surface area contributed by atoms with Crippen LogP contribution >= 0.6 is 0 Å². The lowest BCUT2D eigenvalue weighted by Crippen LogP contribution is -2.14. The zero-order chi connectivity index (χ0) is 30.5. The molecule has 5 aromatic rings. The Balaban J connectivity index is 1.24. The fraction of sp³-hybridized carbons (Fsp3) is 0.0952. The first-order valence-electron chi connectivity index (χ1n) is 15.0. The topological polar surface area (TPSA) is 6.48 Å². The molecule has 0 N–H and O–H groups in total. The normalized spacial score (nSPS) is 14.2. The minimum atomic E-state index is -0.169. The van der Waals surface area contributed by atoms with Crippen LogP contribution in [0.4, 0.5) is 22.7 Å². The van der Waals surface area contributed by atoms with Crippen molar-refractivity contribution in [2.45, 2.75) is 19.3 Å². The molecule has 0 amide bonds. The van der Waals surface area contributed by atoms with E-state index in [0.29, 0.717) is 0 Å². The lowest BCUT2D eigenvalue weighted by Gasteiger charge is -2.25.